The topological polar surface area (TPSA) is 104 Å². The van der Waals surface area contributed by atoms with E-state index in [1.165, 1.54) is 6.07 Å². The van der Waals surface area contributed by atoms with E-state index in [9.17, 15) is 13.6 Å². The lowest BCUT2D eigenvalue weighted by Gasteiger charge is -2.30. The van der Waals surface area contributed by atoms with Crippen LogP contribution in [0.25, 0.3) is 22.4 Å². The van der Waals surface area contributed by atoms with Crippen LogP contribution in [0.4, 0.5) is 14.6 Å². The van der Waals surface area contributed by atoms with E-state index in [2.05, 4.69) is 25.3 Å². The minimum atomic E-state index is -1.00. The van der Waals surface area contributed by atoms with Gasteiger partial charge in [-0.25, -0.2) is 23.7 Å². The van der Waals surface area contributed by atoms with Gasteiger partial charge in [-0.1, -0.05) is 20.8 Å². The molecule has 0 spiro atoms. The van der Waals surface area contributed by atoms with Crippen molar-refractivity contribution in [2.75, 3.05) is 5.32 Å². The van der Waals surface area contributed by atoms with E-state index < -0.39 is 29.1 Å². The summed E-state index contributed by atoms with van der Waals surface area (Å²) in [4.78, 5) is 26.2. The Hall–Kier alpha value is -3.10. The molecule has 0 saturated carbocycles. The van der Waals surface area contributed by atoms with Crippen LogP contribution in [0.15, 0.2) is 24.7 Å². The quantitative estimate of drug-likeness (QED) is 0.629. The summed E-state index contributed by atoms with van der Waals surface area (Å²) >= 11 is 0. The zero-order valence-electron chi connectivity index (χ0n) is 15.0. The number of hydrogen-bond acceptors (Lipinski definition) is 5. The van der Waals surface area contributed by atoms with Crippen molar-refractivity contribution >= 4 is 22.8 Å². The van der Waals surface area contributed by atoms with Gasteiger partial charge in [0.05, 0.1) is 18.8 Å². The number of nitrogens with one attached hydrogen (secondary N) is 2. The SMILES string of the molecule is CC(C)(C)[C@@H](CC(=O)O)Nc1nc(-c2c[nH]c3ncc(F)cc23)ncc1F. The second kappa shape index (κ2) is 6.90. The molecular weight excluding hydrogens is 356 g/mol. The third kappa shape index (κ3) is 4.02. The lowest BCUT2D eigenvalue weighted by atomic mass is 9.85. The lowest BCUT2D eigenvalue weighted by molar-refractivity contribution is -0.137. The molecular formula is C18H19F2N5O2. The highest BCUT2D eigenvalue weighted by atomic mass is 19.1. The largest absolute Gasteiger partial charge is 0.481 e. The fraction of sp³-hybridized carbons (Fsp3) is 0.333. The Morgan fingerprint density at radius 2 is 2.04 bits per heavy atom. The van der Waals surface area contributed by atoms with Gasteiger partial charge in [0.15, 0.2) is 17.5 Å². The summed E-state index contributed by atoms with van der Waals surface area (Å²) in [5.74, 6) is -2.17. The number of aliphatic carboxylic acids is 1. The van der Waals surface area contributed by atoms with Crippen LogP contribution in [-0.2, 0) is 4.79 Å². The number of nitrogens with zero attached hydrogens (tertiary/aromatic N) is 3. The fourth-order valence-corrected chi connectivity index (χ4v) is 2.67. The highest BCUT2D eigenvalue weighted by Crippen LogP contribution is 2.29. The van der Waals surface area contributed by atoms with Gasteiger partial charge in [0, 0.05) is 23.2 Å². The van der Waals surface area contributed by atoms with Crippen LogP contribution in [0.1, 0.15) is 27.2 Å². The third-order valence-corrected chi connectivity index (χ3v) is 4.22. The Balaban J connectivity index is 2.01. The van der Waals surface area contributed by atoms with E-state index in [0.717, 1.165) is 12.4 Å². The normalized spacial score (nSPS) is 12.9. The molecule has 0 aliphatic rings. The zero-order chi connectivity index (χ0) is 19.8. The van der Waals surface area contributed by atoms with Crippen LogP contribution in [0.2, 0.25) is 0 Å². The monoisotopic (exact) mass is 375 g/mol. The van der Waals surface area contributed by atoms with Gasteiger partial charge < -0.3 is 15.4 Å². The summed E-state index contributed by atoms with van der Waals surface area (Å²) in [7, 11) is 0. The maximum atomic E-state index is 14.3. The number of fused-ring (bicyclic) bond motifs is 1. The second-order valence-electron chi connectivity index (χ2n) is 7.30. The Kier molecular flexibility index (Phi) is 4.77. The van der Waals surface area contributed by atoms with Crippen LogP contribution in [0.3, 0.4) is 0 Å². The number of anilines is 1. The number of H-pyrrole nitrogens is 1. The predicted octanol–water partition coefficient (Wildman–Crippen LogP) is 3.60. The van der Waals surface area contributed by atoms with Gasteiger partial charge in [0.2, 0.25) is 0 Å². The molecule has 0 aromatic carbocycles. The van der Waals surface area contributed by atoms with Crippen molar-refractivity contribution in [3.05, 3.63) is 36.3 Å². The first-order valence-corrected chi connectivity index (χ1v) is 8.29. The molecule has 142 valence electrons. The minimum Gasteiger partial charge on any atom is -0.481 e. The molecule has 0 radical (unpaired) electrons. The summed E-state index contributed by atoms with van der Waals surface area (Å²) in [5, 5.41) is 12.5. The number of aromatic amines is 1. The first-order chi connectivity index (χ1) is 12.6. The molecule has 3 N–H and O–H groups in total. The van der Waals surface area contributed by atoms with E-state index in [4.69, 9.17) is 5.11 Å². The number of halogens is 2. The Bertz CT molecular complexity index is 997. The number of carbonyl (C=O) groups is 1. The molecule has 0 unspecified atom stereocenters. The lowest BCUT2D eigenvalue weighted by Crippen LogP contribution is -2.36. The van der Waals surface area contributed by atoms with Crippen LogP contribution >= 0.6 is 0 Å². The molecule has 0 fully saturated rings. The van der Waals surface area contributed by atoms with Crippen LogP contribution in [-0.4, -0.2) is 37.1 Å². The molecule has 1 atom stereocenters. The molecule has 3 rings (SSSR count). The molecule has 0 aliphatic carbocycles. The summed E-state index contributed by atoms with van der Waals surface area (Å²) in [6, 6.07) is 0.727. The van der Waals surface area contributed by atoms with Crippen molar-refractivity contribution in [2.24, 2.45) is 5.41 Å². The molecule has 3 heterocycles. The molecule has 0 saturated heterocycles. The number of carboxylic acid groups (broad SMARTS) is 1. The van der Waals surface area contributed by atoms with Gasteiger partial charge in [-0.05, 0) is 11.5 Å². The average Bonchev–Trinajstić information content (AvgIpc) is 2.98. The third-order valence-electron chi connectivity index (χ3n) is 4.22. The van der Waals surface area contributed by atoms with E-state index >= 15 is 0 Å². The van der Waals surface area contributed by atoms with Gasteiger partial charge in [-0.2, -0.15) is 0 Å². The molecule has 27 heavy (non-hydrogen) atoms. The van der Waals surface area contributed by atoms with Crippen molar-refractivity contribution in [3.8, 4) is 11.4 Å². The molecule has 0 aliphatic heterocycles. The highest BCUT2D eigenvalue weighted by molar-refractivity contribution is 5.91. The van der Waals surface area contributed by atoms with E-state index in [-0.39, 0.29) is 18.1 Å². The van der Waals surface area contributed by atoms with Crippen LogP contribution in [0.5, 0.6) is 0 Å². The number of aromatic nitrogens is 4. The molecule has 3 aromatic rings. The maximum absolute atomic E-state index is 14.3. The minimum absolute atomic E-state index is 0.111. The molecule has 3 aromatic heterocycles. The number of hydrogen-bond donors (Lipinski definition) is 3. The van der Waals surface area contributed by atoms with Gasteiger partial charge >= 0.3 is 5.97 Å². The summed E-state index contributed by atoms with van der Waals surface area (Å²) < 4.78 is 27.8. The van der Waals surface area contributed by atoms with Crippen molar-refractivity contribution in [1.82, 2.24) is 19.9 Å². The van der Waals surface area contributed by atoms with Gasteiger partial charge in [-0.3, -0.25) is 4.79 Å². The van der Waals surface area contributed by atoms with Crippen molar-refractivity contribution < 1.29 is 18.7 Å². The highest BCUT2D eigenvalue weighted by Gasteiger charge is 2.28. The first kappa shape index (κ1) is 18.7. The first-order valence-electron chi connectivity index (χ1n) is 8.29. The van der Waals surface area contributed by atoms with E-state index in [1.807, 2.05) is 20.8 Å². The fourth-order valence-electron chi connectivity index (χ4n) is 2.67. The second-order valence-corrected chi connectivity index (χ2v) is 7.30. The predicted molar refractivity (Wildman–Crippen MR) is 96.2 cm³/mol. The summed E-state index contributed by atoms with van der Waals surface area (Å²) in [6.45, 7) is 5.55. The van der Waals surface area contributed by atoms with Gasteiger partial charge in [-0.15, -0.1) is 0 Å². The summed E-state index contributed by atoms with van der Waals surface area (Å²) in [5.41, 5.74) is 0.460. The van der Waals surface area contributed by atoms with Crippen molar-refractivity contribution in [2.45, 2.75) is 33.2 Å². The number of rotatable bonds is 5. The Labute approximate surface area is 153 Å². The Morgan fingerprint density at radius 1 is 1.30 bits per heavy atom. The van der Waals surface area contributed by atoms with Crippen LogP contribution < -0.4 is 5.32 Å². The van der Waals surface area contributed by atoms with Crippen LogP contribution in [0, 0.1) is 17.0 Å². The molecule has 9 heteroatoms. The average molecular weight is 375 g/mol. The summed E-state index contributed by atoms with van der Waals surface area (Å²) in [6.07, 6.45) is 3.44. The van der Waals surface area contributed by atoms with Crippen molar-refractivity contribution in [1.29, 1.82) is 0 Å². The molecule has 7 nitrogen and oxygen atoms in total. The van der Waals surface area contributed by atoms with Gasteiger partial charge in [0.25, 0.3) is 0 Å². The molecule has 0 amide bonds. The smallest absolute Gasteiger partial charge is 0.305 e. The zero-order valence-corrected chi connectivity index (χ0v) is 15.0. The van der Waals surface area contributed by atoms with E-state index in [0.29, 0.717) is 16.6 Å². The number of carboxylic acids is 1. The Morgan fingerprint density at radius 3 is 2.70 bits per heavy atom. The molecule has 0 bridgehead atoms. The number of pyridine rings is 1. The maximum Gasteiger partial charge on any atom is 0.305 e. The standard InChI is InChI=1S/C18H19F2N5O2/c1-18(2,3)13(5-14(26)27)24-17-12(20)8-23-16(25-17)11-7-22-15-10(11)4-9(19)6-21-15/h4,6-8,13H,5H2,1-3H3,(H,21,22)(H,26,27)(H,23,24,25)/t13-/m1/s1. The van der Waals surface area contributed by atoms with Crippen molar-refractivity contribution in [3.63, 3.8) is 0 Å². The van der Waals surface area contributed by atoms with E-state index in [1.54, 1.807) is 6.20 Å². The van der Waals surface area contributed by atoms with Gasteiger partial charge in [0.1, 0.15) is 11.5 Å².